The second-order valence-corrected chi connectivity index (χ2v) is 7.60. The van der Waals surface area contributed by atoms with Gasteiger partial charge >= 0.3 is 0 Å². The van der Waals surface area contributed by atoms with Gasteiger partial charge in [0.05, 0.1) is 28.1 Å². The molecule has 3 rings (SSSR count). The number of hydrogen-bond acceptors (Lipinski definition) is 6. The number of carbonyl (C=O) groups excluding carboxylic acids is 2. The van der Waals surface area contributed by atoms with Gasteiger partial charge in [-0.1, -0.05) is 13.8 Å². The van der Waals surface area contributed by atoms with Gasteiger partial charge in [0.15, 0.2) is 0 Å². The molecule has 0 aliphatic carbocycles. The fourth-order valence-electron chi connectivity index (χ4n) is 2.48. The van der Waals surface area contributed by atoms with Crippen LogP contribution in [0, 0.1) is 5.92 Å². The number of amides is 2. The lowest BCUT2D eigenvalue weighted by Gasteiger charge is -2.19. The molecule has 146 valence electrons. The van der Waals surface area contributed by atoms with Crippen LogP contribution in [0.5, 0.6) is 0 Å². The molecule has 0 unspecified atom stereocenters. The third kappa shape index (κ3) is 4.62. The Morgan fingerprint density at radius 2 is 1.79 bits per heavy atom. The minimum absolute atomic E-state index is 0.108. The molecule has 3 aromatic rings. The van der Waals surface area contributed by atoms with Gasteiger partial charge in [-0.2, -0.15) is 5.10 Å². The number of hydrogen-bond donors (Lipinski definition) is 3. The van der Waals surface area contributed by atoms with Crippen molar-refractivity contribution in [3.63, 3.8) is 0 Å². The second kappa shape index (κ2) is 8.77. The highest BCUT2D eigenvalue weighted by Crippen LogP contribution is 2.20. The highest BCUT2D eigenvalue weighted by Gasteiger charge is 2.19. The molecule has 0 radical (unpaired) electrons. The first-order chi connectivity index (χ1) is 13.5. The zero-order valence-electron chi connectivity index (χ0n) is 15.5. The number of carbonyl (C=O) groups is 2. The Bertz CT molecular complexity index is 935. The number of benzene rings is 1. The van der Waals surface area contributed by atoms with E-state index in [1.807, 2.05) is 26.0 Å². The zero-order valence-corrected chi connectivity index (χ0v) is 16.3. The van der Waals surface area contributed by atoms with E-state index in [0.29, 0.717) is 15.4 Å². The molecule has 1 aromatic carbocycles. The van der Waals surface area contributed by atoms with Crippen molar-refractivity contribution in [3.8, 4) is 5.69 Å². The van der Waals surface area contributed by atoms with Gasteiger partial charge < -0.3 is 15.7 Å². The van der Waals surface area contributed by atoms with Gasteiger partial charge in [0.2, 0.25) is 0 Å². The molecule has 8 nitrogen and oxygen atoms in total. The smallest absolute Gasteiger partial charge is 0.265 e. The Kier molecular flexibility index (Phi) is 6.17. The summed E-state index contributed by atoms with van der Waals surface area (Å²) in [4.78, 5) is 29.5. The summed E-state index contributed by atoms with van der Waals surface area (Å²) in [6, 6.07) is 10.1. The van der Waals surface area contributed by atoms with Crippen molar-refractivity contribution in [2.24, 2.45) is 5.92 Å². The molecule has 2 amide bonds. The number of aliphatic hydroxyl groups is 1. The van der Waals surface area contributed by atoms with Crippen molar-refractivity contribution in [2.75, 3.05) is 11.9 Å². The van der Waals surface area contributed by atoms with E-state index in [-0.39, 0.29) is 30.4 Å². The molecule has 2 heterocycles. The van der Waals surface area contributed by atoms with Crippen molar-refractivity contribution in [1.82, 2.24) is 20.1 Å². The third-order valence-electron chi connectivity index (χ3n) is 4.18. The topological polar surface area (TPSA) is 109 Å². The van der Waals surface area contributed by atoms with E-state index in [4.69, 9.17) is 0 Å². The molecule has 0 bridgehead atoms. The highest BCUT2D eigenvalue weighted by molar-refractivity contribution is 7.16. The lowest BCUT2D eigenvalue weighted by molar-refractivity contribution is 0.0900. The van der Waals surface area contributed by atoms with Crippen LogP contribution in [0.3, 0.4) is 0 Å². The molecular formula is C19H21N5O3S. The maximum atomic E-state index is 12.5. The number of thiophene rings is 1. The van der Waals surface area contributed by atoms with E-state index in [0.717, 1.165) is 17.0 Å². The summed E-state index contributed by atoms with van der Waals surface area (Å²) in [5.74, 6) is -0.480. The van der Waals surface area contributed by atoms with Crippen LogP contribution in [0.4, 0.5) is 5.69 Å². The van der Waals surface area contributed by atoms with Crippen LogP contribution >= 0.6 is 11.3 Å². The first-order valence-electron chi connectivity index (χ1n) is 8.76. The molecule has 2 aromatic heterocycles. The van der Waals surface area contributed by atoms with Gasteiger partial charge in [-0.15, -0.1) is 11.3 Å². The van der Waals surface area contributed by atoms with Crippen LogP contribution in [0.1, 0.15) is 33.2 Å². The molecule has 0 aliphatic rings. The van der Waals surface area contributed by atoms with Crippen LogP contribution in [0.25, 0.3) is 5.69 Å². The summed E-state index contributed by atoms with van der Waals surface area (Å²) in [5, 5.41) is 19.0. The van der Waals surface area contributed by atoms with Crippen LogP contribution in [0.2, 0.25) is 0 Å². The van der Waals surface area contributed by atoms with E-state index in [9.17, 15) is 14.7 Å². The van der Waals surface area contributed by atoms with E-state index >= 15 is 0 Å². The Labute approximate surface area is 166 Å². The molecule has 1 atom stereocenters. The number of anilines is 1. The number of rotatable bonds is 7. The van der Waals surface area contributed by atoms with Crippen molar-refractivity contribution in [2.45, 2.75) is 19.9 Å². The Hall–Kier alpha value is -3.04. The predicted molar refractivity (Wildman–Crippen MR) is 107 cm³/mol. The first kappa shape index (κ1) is 19.7. The van der Waals surface area contributed by atoms with E-state index in [1.165, 1.54) is 6.33 Å². The average Bonchev–Trinajstić information content (AvgIpc) is 3.38. The molecule has 3 N–H and O–H groups in total. The van der Waals surface area contributed by atoms with Crippen molar-refractivity contribution in [1.29, 1.82) is 0 Å². The quantitative estimate of drug-likeness (QED) is 0.565. The Morgan fingerprint density at radius 1 is 1.11 bits per heavy atom. The van der Waals surface area contributed by atoms with Gasteiger partial charge in [0.1, 0.15) is 12.7 Å². The standard InChI is InChI=1S/C19H21N5O3S/c1-12(2)15(9-25)23-19(27)17-8-7-16(28-17)18(26)22-13-3-5-14(6-4-13)24-11-20-10-21-24/h3-8,10-12,15,25H,9H2,1-2H3,(H,22,26)(H,23,27)/t15-/m1/s1. The van der Waals surface area contributed by atoms with Gasteiger partial charge in [0.25, 0.3) is 11.8 Å². The number of nitrogens with zero attached hydrogens (tertiary/aromatic N) is 3. The second-order valence-electron chi connectivity index (χ2n) is 6.51. The van der Waals surface area contributed by atoms with Gasteiger partial charge in [-0.3, -0.25) is 9.59 Å². The van der Waals surface area contributed by atoms with E-state index < -0.39 is 0 Å². The van der Waals surface area contributed by atoms with Gasteiger partial charge in [-0.25, -0.2) is 9.67 Å². The van der Waals surface area contributed by atoms with Crippen LogP contribution < -0.4 is 10.6 Å². The average molecular weight is 399 g/mol. The normalized spacial score (nSPS) is 12.0. The maximum absolute atomic E-state index is 12.5. The van der Waals surface area contributed by atoms with Crippen LogP contribution in [-0.2, 0) is 0 Å². The summed E-state index contributed by atoms with van der Waals surface area (Å²) in [6.07, 6.45) is 3.04. The molecule has 0 fully saturated rings. The SMILES string of the molecule is CC(C)[C@@H](CO)NC(=O)c1ccc(C(=O)Nc2ccc(-n3cncn3)cc2)s1. The fraction of sp³-hybridized carbons (Fsp3) is 0.263. The minimum atomic E-state index is -0.324. The summed E-state index contributed by atoms with van der Waals surface area (Å²) in [6.45, 7) is 3.71. The summed E-state index contributed by atoms with van der Waals surface area (Å²) < 4.78 is 1.62. The molecule has 28 heavy (non-hydrogen) atoms. The van der Waals surface area contributed by atoms with E-state index in [1.54, 1.807) is 35.3 Å². The monoisotopic (exact) mass is 399 g/mol. The first-order valence-corrected chi connectivity index (χ1v) is 9.57. The largest absolute Gasteiger partial charge is 0.394 e. The molecule has 0 saturated heterocycles. The fourth-order valence-corrected chi connectivity index (χ4v) is 3.28. The number of aliphatic hydroxyl groups excluding tert-OH is 1. The molecule has 0 spiro atoms. The van der Waals surface area contributed by atoms with Gasteiger partial charge in [0, 0.05) is 5.69 Å². The summed E-state index contributed by atoms with van der Waals surface area (Å²) in [5.41, 5.74) is 1.46. The van der Waals surface area contributed by atoms with Crippen molar-refractivity contribution >= 4 is 28.8 Å². The number of aromatic nitrogens is 3. The summed E-state index contributed by atoms with van der Waals surface area (Å²) >= 11 is 1.11. The Balaban J connectivity index is 1.63. The Morgan fingerprint density at radius 3 is 2.36 bits per heavy atom. The van der Waals surface area contributed by atoms with Crippen LogP contribution in [0.15, 0.2) is 49.1 Å². The van der Waals surface area contributed by atoms with Crippen molar-refractivity contribution < 1.29 is 14.7 Å². The highest BCUT2D eigenvalue weighted by atomic mass is 32.1. The van der Waals surface area contributed by atoms with E-state index in [2.05, 4.69) is 20.7 Å². The van der Waals surface area contributed by atoms with Crippen molar-refractivity contribution in [3.05, 3.63) is 58.8 Å². The third-order valence-corrected chi connectivity index (χ3v) is 5.26. The lowest BCUT2D eigenvalue weighted by Crippen LogP contribution is -2.40. The molecule has 0 aliphatic heterocycles. The zero-order chi connectivity index (χ0) is 20.1. The molecule has 0 saturated carbocycles. The predicted octanol–water partition coefficient (Wildman–Crippen LogP) is 2.33. The van der Waals surface area contributed by atoms with Crippen LogP contribution in [-0.4, -0.2) is 44.3 Å². The van der Waals surface area contributed by atoms with Gasteiger partial charge in [-0.05, 0) is 42.3 Å². The number of nitrogens with one attached hydrogen (secondary N) is 2. The summed E-state index contributed by atoms with van der Waals surface area (Å²) in [7, 11) is 0. The maximum Gasteiger partial charge on any atom is 0.265 e. The molecular weight excluding hydrogens is 378 g/mol. The lowest BCUT2D eigenvalue weighted by atomic mass is 10.1. The molecule has 9 heteroatoms. The minimum Gasteiger partial charge on any atom is -0.394 e.